The maximum absolute atomic E-state index is 12.2. The van der Waals surface area contributed by atoms with Crippen LogP contribution in [0, 0.1) is 46.3 Å². The molecule has 0 aromatic heterocycles. The minimum atomic E-state index is -0.0272. The van der Waals surface area contributed by atoms with E-state index in [0.29, 0.717) is 53.7 Å². The fourth-order valence-electron chi connectivity index (χ4n) is 11.2. The molecule has 0 bridgehead atoms. The number of ether oxygens (including phenoxy) is 4. The van der Waals surface area contributed by atoms with Crippen molar-refractivity contribution in [3.63, 3.8) is 0 Å². The van der Waals surface area contributed by atoms with Crippen LogP contribution >= 0.6 is 0 Å². The lowest BCUT2D eigenvalue weighted by Crippen LogP contribution is -2.42. The molecule has 0 amide bonds. The van der Waals surface area contributed by atoms with Gasteiger partial charge in [-0.1, -0.05) is 91.8 Å². The molecule has 378 valence electrons. The van der Waals surface area contributed by atoms with Gasteiger partial charge in [-0.15, -0.1) is 0 Å². The summed E-state index contributed by atoms with van der Waals surface area (Å²) in [5.41, 5.74) is 2.85. The van der Waals surface area contributed by atoms with Gasteiger partial charge in [-0.25, -0.2) is 0 Å². The fourth-order valence-corrected chi connectivity index (χ4v) is 11.2. The fraction of sp³-hybridized carbons (Fsp3) is 0.617. The summed E-state index contributed by atoms with van der Waals surface area (Å²) < 4.78 is 22.8. The van der Waals surface area contributed by atoms with Crippen molar-refractivity contribution in [3.05, 3.63) is 83.9 Å². The number of hydrogen-bond donors (Lipinski definition) is 1. The summed E-state index contributed by atoms with van der Waals surface area (Å²) in [6.45, 7) is 27.7. The van der Waals surface area contributed by atoms with E-state index in [2.05, 4.69) is 108 Å². The summed E-state index contributed by atoms with van der Waals surface area (Å²) in [7, 11) is 0. The predicted octanol–water partition coefficient (Wildman–Crippen LogP) is 13.3. The number of fused-ring (bicyclic) bond motifs is 2. The first-order chi connectivity index (χ1) is 32.9. The van der Waals surface area contributed by atoms with Crippen molar-refractivity contribution in [1.82, 2.24) is 10.2 Å². The van der Waals surface area contributed by atoms with Gasteiger partial charge in [-0.3, -0.25) is 19.3 Å². The molecule has 4 aromatic carbocycles. The van der Waals surface area contributed by atoms with E-state index in [0.717, 1.165) is 112 Å². The van der Waals surface area contributed by atoms with Crippen LogP contribution in [0.2, 0.25) is 0 Å². The van der Waals surface area contributed by atoms with E-state index in [9.17, 15) is 14.4 Å². The third kappa shape index (κ3) is 15.8. The number of aldehydes is 1. The number of piperidine rings is 2. The van der Waals surface area contributed by atoms with E-state index in [1.165, 1.54) is 42.0 Å². The van der Waals surface area contributed by atoms with Gasteiger partial charge in [0.2, 0.25) is 0 Å². The highest BCUT2D eigenvalue weighted by atomic mass is 16.5. The second kappa shape index (κ2) is 25.1. The molecule has 2 saturated carbocycles. The Bertz CT molecular complexity index is 2260. The number of hydrogen-bond acceptors (Lipinski definition) is 9. The van der Waals surface area contributed by atoms with Crippen molar-refractivity contribution in [2.24, 2.45) is 46.3 Å². The lowest BCUT2D eigenvalue weighted by atomic mass is 9.72. The zero-order valence-corrected chi connectivity index (χ0v) is 44.0. The summed E-state index contributed by atoms with van der Waals surface area (Å²) in [6, 6.07) is 25.2. The Kier molecular flexibility index (Phi) is 19.6. The van der Waals surface area contributed by atoms with Gasteiger partial charge in [0.1, 0.15) is 17.8 Å². The molecule has 4 aromatic rings. The van der Waals surface area contributed by atoms with E-state index in [1.54, 1.807) is 0 Å². The van der Waals surface area contributed by atoms with Crippen LogP contribution in [-0.2, 0) is 25.6 Å². The number of nitrogens with zero attached hydrogens (tertiary/aromatic N) is 1. The van der Waals surface area contributed by atoms with Gasteiger partial charge < -0.3 is 24.3 Å². The number of rotatable bonds is 11. The van der Waals surface area contributed by atoms with Crippen molar-refractivity contribution in [1.29, 1.82) is 0 Å². The average molecular weight is 947 g/mol. The number of carbonyl (C=O) groups is 3. The number of benzene rings is 4. The largest absolute Gasteiger partial charge is 0.490 e. The van der Waals surface area contributed by atoms with Crippen LogP contribution in [0.4, 0.5) is 0 Å². The van der Waals surface area contributed by atoms with Gasteiger partial charge in [0, 0.05) is 18.7 Å². The highest BCUT2D eigenvalue weighted by Crippen LogP contribution is 2.40. The molecule has 0 radical (unpaired) electrons. The minimum absolute atomic E-state index is 0.0218. The Morgan fingerprint density at radius 3 is 1.57 bits per heavy atom. The van der Waals surface area contributed by atoms with E-state index in [4.69, 9.17) is 18.9 Å². The molecule has 0 spiro atoms. The molecule has 9 heteroatoms. The molecule has 1 N–H and O–H groups in total. The Balaban J connectivity index is 0.000000191. The quantitative estimate of drug-likeness (QED) is 0.116. The molecule has 8 rings (SSSR count). The smallest absolute Gasteiger partial charge is 0.309 e. The minimum Gasteiger partial charge on any atom is -0.490 e. The van der Waals surface area contributed by atoms with Crippen molar-refractivity contribution in [2.75, 3.05) is 39.4 Å². The molecular formula is C60H86N2O7. The van der Waals surface area contributed by atoms with Crippen LogP contribution in [0.15, 0.2) is 72.8 Å². The molecule has 2 aliphatic heterocycles. The summed E-state index contributed by atoms with van der Waals surface area (Å²) in [5, 5.41) is 7.95. The predicted molar refractivity (Wildman–Crippen MR) is 281 cm³/mol. The van der Waals surface area contributed by atoms with Crippen molar-refractivity contribution in [2.45, 2.75) is 152 Å². The summed E-state index contributed by atoms with van der Waals surface area (Å²) in [4.78, 5) is 36.9. The van der Waals surface area contributed by atoms with Crippen molar-refractivity contribution < 1.29 is 33.3 Å². The third-order valence-corrected chi connectivity index (χ3v) is 15.6. The Labute approximate surface area is 415 Å². The van der Waals surface area contributed by atoms with Crippen LogP contribution in [0.25, 0.3) is 21.5 Å². The van der Waals surface area contributed by atoms with E-state index in [1.807, 2.05) is 44.2 Å². The first kappa shape index (κ1) is 53.9. The summed E-state index contributed by atoms with van der Waals surface area (Å²) >= 11 is 0. The molecule has 4 unspecified atom stereocenters. The van der Waals surface area contributed by atoms with Crippen LogP contribution < -0.4 is 14.8 Å². The highest BCUT2D eigenvalue weighted by Gasteiger charge is 2.34. The lowest BCUT2D eigenvalue weighted by molar-refractivity contribution is -0.152. The summed E-state index contributed by atoms with van der Waals surface area (Å²) in [6.07, 6.45) is 13.0. The second-order valence-corrected chi connectivity index (χ2v) is 22.8. The molecular weight excluding hydrogens is 861 g/mol. The Morgan fingerprint density at radius 2 is 1.09 bits per heavy atom. The first-order valence-corrected chi connectivity index (χ1v) is 26.5. The van der Waals surface area contributed by atoms with Gasteiger partial charge in [0.15, 0.2) is 0 Å². The summed E-state index contributed by atoms with van der Waals surface area (Å²) in [5.74, 6) is 4.39. The SMILES string of the molecule is CC(C)(C)C1CCC(Oc2ccc3cc(C=O)ccc3c2)CC1.CCOC(=O)C1CCN(Cc2ccc3cc(OC4CCC(C(C)(C)C)CC4)ccc3c2)CC1C.CCOC(=O)C1CCNCC1C. The normalized spacial score (nSPS) is 25.5. The number of nitrogens with one attached hydrogen (secondary N) is 1. The topological polar surface area (TPSA) is 103 Å². The van der Waals surface area contributed by atoms with E-state index in [-0.39, 0.29) is 23.8 Å². The van der Waals surface area contributed by atoms with Gasteiger partial charge in [0.05, 0.1) is 37.3 Å². The van der Waals surface area contributed by atoms with Crippen molar-refractivity contribution >= 4 is 39.8 Å². The van der Waals surface area contributed by atoms with Crippen LogP contribution in [0.1, 0.15) is 149 Å². The molecule has 4 atom stereocenters. The zero-order chi connectivity index (χ0) is 49.7. The van der Waals surface area contributed by atoms with Crippen LogP contribution in [0.3, 0.4) is 0 Å². The molecule has 2 saturated heterocycles. The molecule has 4 aliphatic rings. The van der Waals surface area contributed by atoms with E-state index >= 15 is 0 Å². The average Bonchev–Trinajstić information content (AvgIpc) is 3.32. The van der Waals surface area contributed by atoms with Gasteiger partial charge in [-0.2, -0.15) is 0 Å². The molecule has 2 heterocycles. The number of likely N-dealkylation sites (tertiary alicyclic amines) is 1. The van der Waals surface area contributed by atoms with Gasteiger partial charge in [0.25, 0.3) is 0 Å². The molecule has 4 fully saturated rings. The monoisotopic (exact) mass is 947 g/mol. The molecule has 69 heavy (non-hydrogen) atoms. The second-order valence-electron chi connectivity index (χ2n) is 22.8. The van der Waals surface area contributed by atoms with Crippen molar-refractivity contribution in [3.8, 4) is 11.5 Å². The van der Waals surface area contributed by atoms with Gasteiger partial charge in [-0.05, 0) is 196 Å². The van der Waals surface area contributed by atoms with Gasteiger partial charge >= 0.3 is 11.9 Å². The first-order valence-electron chi connectivity index (χ1n) is 26.5. The van der Waals surface area contributed by atoms with E-state index < -0.39 is 0 Å². The Morgan fingerprint density at radius 1 is 0.609 bits per heavy atom. The standard InChI is InChI=1S/C30H43NO3.C21H26O2.C9H17NO2/c1-6-33-29(32)28-15-16-31(19-21(28)2)20-22-7-8-24-18-27(12-9-23(24)17-22)34-26-13-10-25(11-14-26)30(3,4)5;1-21(2,3)18-7-10-19(11-8-18)23-20-9-6-16-12-15(14-22)4-5-17(16)13-20;1-3-12-9(11)8-4-5-10-6-7(8)2/h7-9,12,17-18,21,25-26,28H,6,10-11,13-16,19-20H2,1-5H3;4-6,9,12-14,18-19H,7-8,10-11H2,1-3H3;7-8,10H,3-6H2,1-2H3. The Hall–Kier alpha value is -4.47. The van der Waals surface area contributed by atoms with Crippen LogP contribution in [-0.4, -0.2) is 74.7 Å². The maximum atomic E-state index is 12.2. The third-order valence-electron chi connectivity index (χ3n) is 15.6. The molecule has 2 aliphatic carbocycles. The number of carbonyl (C=O) groups excluding carboxylic acids is 3. The zero-order valence-electron chi connectivity index (χ0n) is 44.0. The maximum Gasteiger partial charge on any atom is 0.309 e. The molecule has 9 nitrogen and oxygen atoms in total. The lowest BCUT2D eigenvalue weighted by Gasteiger charge is -2.37. The van der Waals surface area contributed by atoms with Crippen LogP contribution in [0.5, 0.6) is 11.5 Å². The number of esters is 2. The highest BCUT2D eigenvalue weighted by molar-refractivity contribution is 5.89.